The molecule has 0 bridgehead atoms. The van der Waals surface area contributed by atoms with Gasteiger partial charge >= 0.3 is 0 Å². The van der Waals surface area contributed by atoms with Crippen LogP contribution in [0.15, 0.2) is 438 Å². The van der Waals surface area contributed by atoms with Crippen LogP contribution in [0.1, 0.15) is 137 Å². The highest BCUT2D eigenvalue weighted by atomic mass is 16.3. The third-order valence-electron chi connectivity index (χ3n) is 25.5. The Morgan fingerprint density at radius 2 is 0.687 bits per heavy atom. The number of allylic oxidation sites excluding steroid dienone is 1. The lowest BCUT2D eigenvalue weighted by Crippen LogP contribution is -2.35. The Kier molecular flexibility index (Phi) is 25.6. The van der Waals surface area contributed by atoms with Crippen LogP contribution in [0.2, 0.25) is 0 Å². The SMILES string of the molecule is CC(O)Cc1ccccn1.OC1(c2ccccn2)C=CCc2ccccc21.OC1(c2ccccn2)Cc2cccc3cccc(c23)C1.OC1(c2ccccn2)Cc2ccccc2-c2ccccc21.OC1(c2ccccn2)c2ccccc2-c2ccccc21.OC1(c2ccccn2)c2ccccc2CCc2ccccc21.OC1c2ccccc2-c2ccccc2C1c1ccccn1. The molecule has 5 atom stereocenters. The molecule has 131 heavy (non-hydrogen) atoms. The van der Waals surface area contributed by atoms with Crippen LogP contribution in [0.25, 0.3) is 44.2 Å². The van der Waals surface area contributed by atoms with Gasteiger partial charge in [0.25, 0.3) is 0 Å². The summed E-state index contributed by atoms with van der Waals surface area (Å²) in [5.74, 6) is -0.114. The van der Waals surface area contributed by atoms with Gasteiger partial charge in [0, 0.05) is 85.9 Å². The molecule has 6 aliphatic carbocycles. The fraction of sp³-hybridized carbons (Fsp3) is 0.137. The van der Waals surface area contributed by atoms with Gasteiger partial charge in [-0.1, -0.05) is 303 Å². The highest BCUT2D eigenvalue weighted by Gasteiger charge is 2.46. The van der Waals surface area contributed by atoms with Gasteiger partial charge in [-0.3, -0.25) is 34.9 Å². The fourth-order valence-corrected chi connectivity index (χ4v) is 19.4. The molecule has 0 spiro atoms. The zero-order valence-corrected chi connectivity index (χ0v) is 72.5. The van der Waals surface area contributed by atoms with E-state index in [1.807, 2.05) is 297 Å². The summed E-state index contributed by atoms with van der Waals surface area (Å²) in [6.07, 6.45) is 20.3. The zero-order chi connectivity index (χ0) is 89.8. The van der Waals surface area contributed by atoms with Crippen LogP contribution in [-0.4, -0.2) is 76.7 Å². The molecule has 0 saturated carbocycles. The number of hydrogen-bond acceptors (Lipinski definition) is 14. The number of benzene rings is 11. The average Bonchev–Trinajstić information content (AvgIpc) is 1.54. The molecule has 0 fully saturated rings. The average molecular weight is 1720 g/mol. The topological polar surface area (TPSA) is 232 Å². The lowest BCUT2D eigenvalue weighted by molar-refractivity contribution is 0.0310. The third kappa shape index (κ3) is 17.6. The van der Waals surface area contributed by atoms with Crippen LogP contribution in [0.3, 0.4) is 0 Å². The van der Waals surface area contributed by atoms with Crippen molar-refractivity contribution in [3.63, 3.8) is 0 Å². The molecule has 5 unspecified atom stereocenters. The monoisotopic (exact) mass is 1710 g/mol. The van der Waals surface area contributed by atoms with Gasteiger partial charge in [0.05, 0.1) is 52.3 Å². The number of nitrogens with zero attached hydrogens (tertiary/aromatic N) is 7. The maximum absolute atomic E-state index is 11.8. The number of aliphatic hydroxyl groups excluding tert-OH is 2. The fourth-order valence-electron chi connectivity index (χ4n) is 19.4. The Bertz CT molecular complexity index is 6860. The van der Waals surface area contributed by atoms with Gasteiger partial charge in [0.2, 0.25) is 0 Å². The van der Waals surface area contributed by atoms with Crippen LogP contribution in [-0.2, 0) is 73.0 Å². The number of hydrogen-bond donors (Lipinski definition) is 7. The van der Waals surface area contributed by atoms with Crippen LogP contribution in [0.4, 0.5) is 0 Å². The van der Waals surface area contributed by atoms with E-state index in [9.17, 15) is 30.6 Å². The van der Waals surface area contributed by atoms with E-state index in [4.69, 9.17) is 5.11 Å². The first-order valence-corrected chi connectivity index (χ1v) is 44.5. The molecule has 14 heteroatoms. The quantitative estimate of drug-likeness (QED) is 0.0702. The molecule has 7 N–H and O–H groups in total. The summed E-state index contributed by atoms with van der Waals surface area (Å²) in [5, 5.41) is 78.9. The van der Waals surface area contributed by atoms with E-state index in [1.54, 1.807) is 50.3 Å². The van der Waals surface area contributed by atoms with Crippen molar-refractivity contribution in [2.75, 3.05) is 0 Å². The Hall–Kier alpha value is -14.8. The van der Waals surface area contributed by atoms with Crippen molar-refractivity contribution in [2.24, 2.45) is 0 Å². The highest BCUT2D eigenvalue weighted by Crippen LogP contribution is 2.52. The minimum absolute atomic E-state index is 0.114. The summed E-state index contributed by atoms with van der Waals surface area (Å²) in [5.41, 5.74) is 21.5. The van der Waals surface area contributed by atoms with Gasteiger partial charge in [-0.2, -0.15) is 0 Å². The number of aryl methyl sites for hydroxylation is 2. The van der Waals surface area contributed by atoms with Crippen molar-refractivity contribution in [1.82, 2.24) is 34.9 Å². The van der Waals surface area contributed by atoms with Crippen molar-refractivity contribution < 1.29 is 35.7 Å². The molecule has 14 nitrogen and oxygen atoms in total. The maximum Gasteiger partial charge on any atom is 0.158 e. The number of rotatable bonds is 8. The lowest BCUT2D eigenvalue weighted by Gasteiger charge is -2.35. The highest BCUT2D eigenvalue weighted by molar-refractivity contribution is 5.90. The summed E-state index contributed by atoms with van der Waals surface area (Å²) in [6, 6.07) is 125. The van der Waals surface area contributed by atoms with Gasteiger partial charge in [0.15, 0.2) is 16.8 Å². The molecule has 7 heterocycles. The summed E-state index contributed by atoms with van der Waals surface area (Å²) < 4.78 is 0. The molecular formula is C117H99N7O7. The largest absolute Gasteiger partial charge is 0.393 e. The Morgan fingerprint density at radius 1 is 0.305 bits per heavy atom. The number of aromatic nitrogens is 7. The minimum atomic E-state index is -1.19. The summed E-state index contributed by atoms with van der Waals surface area (Å²) >= 11 is 0. The van der Waals surface area contributed by atoms with E-state index in [1.165, 1.54) is 44.2 Å². The predicted octanol–water partition coefficient (Wildman–Crippen LogP) is 20.9. The van der Waals surface area contributed by atoms with Crippen molar-refractivity contribution >= 4 is 10.8 Å². The van der Waals surface area contributed by atoms with Gasteiger partial charge < -0.3 is 35.7 Å². The molecule has 18 aromatic rings. The Morgan fingerprint density at radius 3 is 1.19 bits per heavy atom. The summed E-state index contributed by atoms with van der Waals surface area (Å²) in [4.78, 5) is 30.4. The maximum atomic E-state index is 11.8. The van der Waals surface area contributed by atoms with Crippen LogP contribution >= 0.6 is 0 Å². The van der Waals surface area contributed by atoms with Crippen molar-refractivity contribution in [2.45, 2.75) is 98.0 Å². The third-order valence-corrected chi connectivity index (χ3v) is 25.5. The molecular weight excluding hydrogens is 1620 g/mol. The van der Waals surface area contributed by atoms with Crippen molar-refractivity contribution in [3.8, 4) is 33.4 Å². The van der Waals surface area contributed by atoms with Crippen LogP contribution in [0.5, 0.6) is 0 Å². The number of fused-ring (bicyclic) bond motifs is 12. The molecule has 0 amide bonds. The normalized spacial score (nSPS) is 17.5. The second-order valence-electron chi connectivity index (χ2n) is 33.7. The van der Waals surface area contributed by atoms with E-state index in [2.05, 4.69) is 132 Å². The molecule has 11 aromatic carbocycles. The molecule has 6 aliphatic rings. The van der Waals surface area contributed by atoms with E-state index in [-0.39, 0.29) is 12.0 Å². The number of pyridine rings is 7. The second kappa shape index (κ2) is 38.6. The predicted molar refractivity (Wildman–Crippen MR) is 516 cm³/mol. The zero-order valence-electron chi connectivity index (χ0n) is 72.5. The van der Waals surface area contributed by atoms with Gasteiger partial charge in [-0.15, -0.1) is 0 Å². The van der Waals surface area contributed by atoms with Crippen LogP contribution < -0.4 is 0 Å². The Balaban J connectivity index is 0.000000104. The van der Waals surface area contributed by atoms with Gasteiger partial charge in [0.1, 0.15) is 11.2 Å². The molecule has 7 aromatic heterocycles. The first-order valence-electron chi connectivity index (χ1n) is 44.5. The van der Waals surface area contributed by atoms with Crippen LogP contribution in [0, 0.1) is 0 Å². The van der Waals surface area contributed by atoms with Gasteiger partial charge in [-0.25, -0.2) is 0 Å². The standard InChI is InChI=1S/C20H17NO.2C19H15NO.C18H13NO.C18H15NO.C15H13NO.C8H11NO/c22-20(19-11-5-6-14-21-19)17-9-3-1-7-15(17)12-13-16-8-2-4-10-18(16)20;21-19-16-10-4-2-8-14(16)13-7-1-3-9-15(13)18(19)17-11-5-6-12-20-17;21-19(18-11-5-6-12-20-18)13-14-7-1-2-8-15(14)16-9-3-4-10-17(16)19;20-18(17-11-5-6-12-19-17)15-9-3-1-7-13(15)14-8-2-4-10-16(14)18;20-18(16-9-1-2-10-19-16)11-14-7-3-5-13-6-4-8-15(12-18)17(13)14;17-15(14-9-3-4-11-16-14)10-5-7-12-6-1-2-8-13(12)15;1-7(10)6-8-4-2-3-5-9-8/h1-11,14,22H,12-13H2;1-12,18-19,21H;1-12,21H,13H2;1-12,20H;1-10,20H,11-12H2;1-6,8-11,17H,7H2;2-5,7,10H,6H2,1H3. The lowest BCUT2D eigenvalue weighted by atomic mass is 9.74. The van der Waals surface area contributed by atoms with Crippen molar-refractivity contribution in [1.29, 1.82) is 0 Å². The Labute approximate surface area is 763 Å². The van der Waals surface area contributed by atoms with Gasteiger partial charge in [-0.05, 0) is 228 Å². The molecule has 24 rings (SSSR count). The van der Waals surface area contributed by atoms with E-state index < -0.39 is 34.1 Å². The number of aliphatic hydroxyl groups is 7. The summed E-state index contributed by atoms with van der Waals surface area (Å²) in [6.45, 7) is 1.76. The van der Waals surface area contributed by atoms with Crippen molar-refractivity contribution in [3.05, 3.63) is 555 Å². The first kappa shape index (κ1) is 86.9. The molecule has 644 valence electrons. The van der Waals surface area contributed by atoms with E-state index in [0.717, 1.165) is 114 Å². The molecule has 0 aliphatic heterocycles. The van der Waals surface area contributed by atoms with E-state index >= 15 is 0 Å². The second-order valence-corrected chi connectivity index (χ2v) is 33.7. The smallest absolute Gasteiger partial charge is 0.158 e. The van der Waals surface area contributed by atoms with E-state index in [0.29, 0.717) is 48.5 Å². The molecule has 0 radical (unpaired) electrons. The minimum Gasteiger partial charge on any atom is -0.393 e. The summed E-state index contributed by atoms with van der Waals surface area (Å²) in [7, 11) is 0. The first-order chi connectivity index (χ1) is 64.1. The molecule has 0 saturated heterocycles.